The molecule has 16 heavy (non-hydrogen) atoms. The van der Waals surface area contributed by atoms with Crippen LogP contribution < -0.4 is 10.6 Å². The molecule has 0 saturated carbocycles. The maximum absolute atomic E-state index is 8.48. The largest absolute Gasteiger partial charge is 0.409 e. The third kappa shape index (κ3) is 3.34. The highest BCUT2D eigenvalue weighted by Crippen LogP contribution is 2.13. The van der Waals surface area contributed by atoms with E-state index in [-0.39, 0.29) is 11.9 Å². The smallest absolute Gasteiger partial charge is 0.225 e. The summed E-state index contributed by atoms with van der Waals surface area (Å²) in [6.07, 6.45) is 3.80. The summed E-state index contributed by atoms with van der Waals surface area (Å²) in [6.45, 7) is 1.95. The Morgan fingerprint density at radius 1 is 1.62 bits per heavy atom. The standard InChI is InChI=1S/C9H14BrN5O/c1-6(3-8(11)14-16)15(2)9-12-4-7(10)5-13-9/h4-6,16H,3H2,1-2H3,(H2,11,14). The van der Waals surface area contributed by atoms with E-state index < -0.39 is 0 Å². The highest BCUT2D eigenvalue weighted by molar-refractivity contribution is 9.10. The molecular formula is C9H14BrN5O. The monoisotopic (exact) mass is 287 g/mol. The second-order valence-corrected chi connectivity index (χ2v) is 4.37. The summed E-state index contributed by atoms with van der Waals surface area (Å²) in [5.41, 5.74) is 5.44. The molecule has 1 rings (SSSR count). The van der Waals surface area contributed by atoms with Gasteiger partial charge in [0.25, 0.3) is 0 Å². The molecule has 0 amide bonds. The highest BCUT2D eigenvalue weighted by atomic mass is 79.9. The Hall–Kier alpha value is -1.37. The Balaban J connectivity index is 2.70. The molecule has 0 saturated heterocycles. The lowest BCUT2D eigenvalue weighted by Gasteiger charge is -2.24. The van der Waals surface area contributed by atoms with Crippen LogP contribution in [-0.4, -0.2) is 34.1 Å². The zero-order chi connectivity index (χ0) is 12.1. The Bertz CT molecular complexity index is 367. The van der Waals surface area contributed by atoms with Gasteiger partial charge in [0.2, 0.25) is 5.95 Å². The minimum absolute atomic E-state index is 0.0528. The van der Waals surface area contributed by atoms with Crippen LogP contribution in [0.25, 0.3) is 0 Å². The predicted molar refractivity (Wildman–Crippen MR) is 65.6 cm³/mol. The number of amidine groups is 1. The molecule has 1 unspecified atom stereocenters. The average molecular weight is 288 g/mol. The summed E-state index contributed by atoms with van der Waals surface area (Å²) in [4.78, 5) is 10.2. The second kappa shape index (κ2) is 5.64. The Kier molecular flexibility index (Phi) is 4.48. The van der Waals surface area contributed by atoms with E-state index in [4.69, 9.17) is 10.9 Å². The van der Waals surface area contributed by atoms with Gasteiger partial charge >= 0.3 is 0 Å². The number of nitrogens with zero attached hydrogens (tertiary/aromatic N) is 4. The molecule has 1 atom stereocenters. The van der Waals surface area contributed by atoms with Gasteiger partial charge in [-0.3, -0.25) is 0 Å². The minimum Gasteiger partial charge on any atom is -0.409 e. The maximum atomic E-state index is 8.48. The summed E-state index contributed by atoms with van der Waals surface area (Å²) >= 11 is 3.27. The van der Waals surface area contributed by atoms with Crippen LogP contribution in [0.15, 0.2) is 22.0 Å². The molecule has 0 aliphatic rings. The van der Waals surface area contributed by atoms with E-state index in [9.17, 15) is 0 Å². The number of nitrogens with two attached hydrogens (primary N) is 1. The number of oxime groups is 1. The summed E-state index contributed by atoms with van der Waals surface area (Å²) in [7, 11) is 1.86. The molecule has 7 heteroatoms. The Morgan fingerprint density at radius 3 is 2.69 bits per heavy atom. The topological polar surface area (TPSA) is 87.6 Å². The molecule has 88 valence electrons. The van der Waals surface area contributed by atoms with Crippen LogP contribution in [0, 0.1) is 0 Å². The third-order valence-electron chi connectivity index (χ3n) is 2.22. The zero-order valence-electron chi connectivity index (χ0n) is 9.13. The van der Waals surface area contributed by atoms with Gasteiger partial charge in [-0.25, -0.2) is 9.97 Å². The molecule has 0 fully saturated rings. The van der Waals surface area contributed by atoms with Crippen LogP contribution in [0.3, 0.4) is 0 Å². The van der Waals surface area contributed by atoms with Crippen LogP contribution in [0.1, 0.15) is 13.3 Å². The van der Waals surface area contributed by atoms with Gasteiger partial charge in [-0.05, 0) is 22.9 Å². The van der Waals surface area contributed by atoms with Gasteiger partial charge in [-0.2, -0.15) is 0 Å². The van der Waals surface area contributed by atoms with Gasteiger partial charge in [0, 0.05) is 31.9 Å². The fraction of sp³-hybridized carbons (Fsp3) is 0.444. The Labute approximate surface area is 102 Å². The number of rotatable bonds is 4. The summed E-state index contributed by atoms with van der Waals surface area (Å²) in [5, 5.41) is 11.4. The third-order valence-corrected chi connectivity index (χ3v) is 2.63. The number of aromatic nitrogens is 2. The fourth-order valence-electron chi connectivity index (χ4n) is 1.17. The average Bonchev–Trinajstić information content (AvgIpc) is 2.28. The van der Waals surface area contributed by atoms with Crippen LogP contribution in [-0.2, 0) is 0 Å². The molecule has 0 aliphatic carbocycles. The van der Waals surface area contributed by atoms with Crippen molar-refractivity contribution in [2.24, 2.45) is 10.9 Å². The summed E-state index contributed by atoms with van der Waals surface area (Å²) < 4.78 is 0.828. The zero-order valence-corrected chi connectivity index (χ0v) is 10.7. The van der Waals surface area contributed by atoms with Crippen LogP contribution in [0.4, 0.5) is 5.95 Å². The SMILES string of the molecule is CC(CC(N)=NO)N(C)c1ncc(Br)cn1. The Morgan fingerprint density at radius 2 is 2.19 bits per heavy atom. The molecule has 1 aromatic heterocycles. The normalized spacial score (nSPS) is 13.6. The number of anilines is 1. The van der Waals surface area contributed by atoms with Crippen molar-refractivity contribution in [2.45, 2.75) is 19.4 Å². The molecular weight excluding hydrogens is 274 g/mol. The van der Waals surface area contributed by atoms with E-state index in [1.807, 2.05) is 18.9 Å². The van der Waals surface area contributed by atoms with Gasteiger partial charge < -0.3 is 15.8 Å². The van der Waals surface area contributed by atoms with Gasteiger partial charge in [-0.1, -0.05) is 5.16 Å². The van der Waals surface area contributed by atoms with Crippen molar-refractivity contribution in [2.75, 3.05) is 11.9 Å². The first kappa shape index (κ1) is 12.7. The molecule has 0 bridgehead atoms. The molecule has 0 aliphatic heterocycles. The van der Waals surface area contributed by atoms with Gasteiger partial charge in [-0.15, -0.1) is 0 Å². The van der Waals surface area contributed by atoms with Crippen molar-refractivity contribution in [1.82, 2.24) is 9.97 Å². The van der Waals surface area contributed by atoms with Crippen molar-refractivity contribution < 1.29 is 5.21 Å². The van der Waals surface area contributed by atoms with Gasteiger partial charge in [0.05, 0.1) is 4.47 Å². The molecule has 0 radical (unpaired) electrons. The van der Waals surface area contributed by atoms with E-state index in [2.05, 4.69) is 31.1 Å². The minimum atomic E-state index is 0.0528. The van der Waals surface area contributed by atoms with E-state index >= 15 is 0 Å². The van der Waals surface area contributed by atoms with Crippen molar-refractivity contribution >= 4 is 27.7 Å². The number of hydrogen-bond donors (Lipinski definition) is 2. The summed E-state index contributed by atoms with van der Waals surface area (Å²) in [5.74, 6) is 0.790. The van der Waals surface area contributed by atoms with Crippen LogP contribution in [0.2, 0.25) is 0 Å². The quantitative estimate of drug-likeness (QED) is 0.376. The molecule has 3 N–H and O–H groups in total. The molecule has 0 spiro atoms. The number of halogens is 1. The first-order chi connectivity index (χ1) is 7.54. The van der Waals surface area contributed by atoms with E-state index in [1.54, 1.807) is 12.4 Å². The highest BCUT2D eigenvalue weighted by Gasteiger charge is 2.13. The van der Waals surface area contributed by atoms with E-state index in [0.29, 0.717) is 12.4 Å². The van der Waals surface area contributed by atoms with Crippen LogP contribution in [0.5, 0.6) is 0 Å². The molecule has 1 heterocycles. The lowest BCUT2D eigenvalue weighted by molar-refractivity contribution is 0.316. The summed E-state index contributed by atoms with van der Waals surface area (Å²) in [6, 6.07) is 0.0528. The van der Waals surface area contributed by atoms with Crippen molar-refractivity contribution in [3.8, 4) is 0 Å². The van der Waals surface area contributed by atoms with E-state index in [1.165, 1.54) is 0 Å². The van der Waals surface area contributed by atoms with Crippen molar-refractivity contribution in [3.63, 3.8) is 0 Å². The van der Waals surface area contributed by atoms with Gasteiger partial charge in [0.1, 0.15) is 5.84 Å². The van der Waals surface area contributed by atoms with Crippen molar-refractivity contribution in [3.05, 3.63) is 16.9 Å². The first-order valence-electron chi connectivity index (χ1n) is 4.71. The molecule has 6 nitrogen and oxygen atoms in total. The second-order valence-electron chi connectivity index (χ2n) is 3.46. The van der Waals surface area contributed by atoms with Crippen LogP contribution >= 0.6 is 15.9 Å². The lowest BCUT2D eigenvalue weighted by atomic mass is 10.2. The molecule has 0 aromatic carbocycles. The van der Waals surface area contributed by atoms with Crippen molar-refractivity contribution in [1.29, 1.82) is 0 Å². The van der Waals surface area contributed by atoms with Gasteiger partial charge in [0.15, 0.2) is 0 Å². The lowest BCUT2D eigenvalue weighted by Crippen LogP contribution is -2.34. The van der Waals surface area contributed by atoms with E-state index in [0.717, 1.165) is 4.47 Å². The molecule has 1 aromatic rings. The maximum Gasteiger partial charge on any atom is 0.225 e. The fourth-order valence-corrected chi connectivity index (χ4v) is 1.37. The first-order valence-corrected chi connectivity index (χ1v) is 5.50. The predicted octanol–water partition coefficient (Wildman–Crippen LogP) is 1.20. The number of hydrogen-bond acceptors (Lipinski definition) is 5.